The molecule has 0 saturated heterocycles. The maximum atomic E-state index is 2.68. The normalized spacial score (nSPS) is 25.9. The van der Waals surface area contributed by atoms with Gasteiger partial charge in [-0.2, -0.15) is 0 Å². The van der Waals surface area contributed by atoms with E-state index in [1.165, 1.54) is 136 Å². The summed E-state index contributed by atoms with van der Waals surface area (Å²) in [6.07, 6.45) is 12.3. The van der Waals surface area contributed by atoms with Crippen molar-refractivity contribution >= 4 is 27.8 Å². The van der Waals surface area contributed by atoms with Crippen LogP contribution in [-0.4, -0.2) is 0 Å². The van der Waals surface area contributed by atoms with Crippen LogP contribution in [-0.2, 0) is 5.41 Å². The van der Waals surface area contributed by atoms with Gasteiger partial charge in [-0.05, 0) is 159 Å². The summed E-state index contributed by atoms with van der Waals surface area (Å²) in [7, 11) is 0. The number of benzene rings is 8. The lowest BCUT2D eigenvalue weighted by Crippen LogP contribution is -2.73. The Kier molecular flexibility index (Phi) is 7.87. The van der Waals surface area contributed by atoms with E-state index in [1.54, 1.807) is 11.1 Å². The van der Waals surface area contributed by atoms with Gasteiger partial charge in [0.15, 0.2) is 0 Å². The second kappa shape index (κ2) is 13.7. The minimum atomic E-state index is 0.121. The fourth-order valence-electron chi connectivity index (χ4n) is 15.5. The zero-order valence-corrected chi connectivity index (χ0v) is 36.0. The van der Waals surface area contributed by atoms with Gasteiger partial charge in [0.25, 0.3) is 0 Å². The van der Waals surface area contributed by atoms with E-state index in [2.05, 4.69) is 187 Å². The van der Waals surface area contributed by atoms with E-state index in [0.717, 1.165) is 23.7 Å². The largest absolute Gasteiger partial charge is 0.309 e. The Balaban J connectivity index is 0.991. The van der Waals surface area contributed by atoms with Crippen molar-refractivity contribution in [3.63, 3.8) is 0 Å². The molecule has 63 heavy (non-hydrogen) atoms. The van der Waals surface area contributed by atoms with Crippen LogP contribution in [0.25, 0.3) is 55.3 Å². The summed E-state index contributed by atoms with van der Waals surface area (Å²) in [6.45, 7) is 0. The molecule has 14 rings (SSSR count). The highest BCUT2D eigenvalue weighted by Gasteiger charge is 2.84. The minimum Gasteiger partial charge on any atom is -0.309 e. The summed E-state index contributed by atoms with van der Waals surface area (Å²) in [6, 6.07) is 69.9. The number of fused-ring (bicyclic) bond motifs is 9. The predicted octanol–water partition coefficient (Wildman–Crippen LogP) is 16.7. The Morgan fingerprint density at radius 3 is 1.89 bits per heavy atom. The Labute approximate surface area is 372 Å². The molecule has 2 spiro atoms. The molecule has 1 nitrogen and oxygen atoms in total. The van der Waals surface area contributed by atoms with Gasteiger partial charge in [-0.3, -0.25) is 0 Å². The number of hydrogen-bond acceptors (Lipinski definition) is 1. The zero-order valence-electron chi connectivity index (χ0n) is 36.0. The molecule has 0 heterocycles. The van der Waals surface area contributed by atoms with E-state index in [4.69, 9.17) is 0 Å². The maximum absolute atomic E-state index is 2.68. The first-order valence-electron chi connectivity index (χ1n) is 24.1. The van der Waals surface area contributed by atoms with Crippen molar-refractivity contribution in [2.75, 3.05) is 4.90 Å². The first-order chi connectivity index (χ1) is 31.2. The third-order valence-electron chi connectivity index (χ3n) is 17.7. The SMILES string of the molecule is c1ccc(-c2ccc(-c3ccccc3N(c3ccc4c(c3)C3(c5ccccc5-4)C4CC5CC6CC3C64C5)c3ccccc3-c3cccc4cccc(C5CCCCC5)c34)cc2)cc1. The molecule has 0 radical (unpaired) electrons. The van der Waals surface area contributed by atoms with Crippen molar-refractivity contribution in [2.45, 2.75) is 69.1 Å². The highest BCUT2D eigenvalue weighted by atomic mass is 15.1. The van der Waals surface area contributed by atoms with Crippen molar-refractivity contribution < 1.29 is 0 Å². The number of rotatable bonds is 7. The van der Waals surface area contributed by atoms with Crippen LogP contribution in [0.5, 0.6) is 0 Å². The molecular weight excluding hydrogens is 759 g/mol. The van der Waals surface area contributed by atoms with Gasteiger partial charge in [0.1, 0.15) is 0 Å². The van der Waals surface area contributed by atoms with Crippen LogP contribution in [0.3, 0.4) is 0 Å². The molecule has 0 aliphatic heterocycles. The first kappa shape index (κ1) is 36.3. The summed E-state index contributed by atoms with van der Waals surface area (Å²) in [4.78, 5) is 2.65. The molecule has 5 fully saturated rings. The molecule has 0 amide bonds. The monoisotopic (exact) mass is 811 g/mol. The van der Waals surface area contributed by atoms with Gasteiger partial charge >= 0.3 is 0 Å². The zero-order chi connectivity index (χ0) is 41.3. The standard InChI is InChI=1S/C62H53N/c1-3-15-41(16-4-1)42-29-31-44(32-30-42)48-21-8-11-27-56(48)63(57-28-12-9-23-52(57)53-25-14-20-45-19-13-24-49(60(45)53)43-17-5-2-6-18-43)47-33-34-51-50-22-7-10-26-54(50)62(55(51)38-47)58-36-40-35-46-37-59(62)61(46,58)39-40/h1,3-4,7-16,19-34,38,40,43,46,58-59H,2,5-6,17-18,35-37,39H2. The Hall–Kier alpha value is -6.18. The summed E-state index contributed by atoms with van der Waals surface area (Å²) >= 11 is 0. The average molecular weight is 812 g/mol. The van der Waals surface area contributed by atoms with E-state index in [-0.39, 0.29) is 5.41 Å². The Morgan fingerprint density at radius 2 is 1.08 bits per heavy atom. The van der Waals surface area contributed by atoms with Crippen LogP contribution in [0.15, 0.2) is 182 Å². The predicted molar refractivity (Wildman–Crippen MR) is 262 cm³/mol. The van der Waals surface area contributed by atoms with E-state index in [0.29, 0.717) is 11.3 Å². The second-order valence-electron chi connectivity index (χ2n) is 20.2. The molecule has 6 aliphatic carbocycles. The van der Waals surface area contributed by atoms with E-state index in [9.17, 15) is 0 Å². The van der Waals surface area contributed by atoms with Crippen LogP contribution >= 0.6 is 0 Å². The topological polar surface area (TPSA) is 3.24 Å². The molecular formula is C62H53N. The van der Waals surface area contributed by atoms with Crippen molar-refractivity contribution in [2.24, 2.45) is 29.1 Å². The fraction of sp³-hybridized carbons (Fsp3) is 0.258. The highest BCUT2D eigenvalue weighted by molar-refractivity contribution is 6.04. The molecule has 8 aromatic rings. The molecule has 6 aliphatic rings. The van der Waals surface area contributed by atoms with Gasteiger partial charge in [-0.25, -0.2) is 0 Å². The van der Waals surface area contributed by atoms with Gasteiger partial charge in [-0.15, -0.1) is 0 Å². The molecule has 8 aromatic carbocycles. The third kappa shape index (κ3) is 4.95. The van der Waals surface area contributed by atoms with Crippen LogP contribution in [0.1, 0.15) is 80.4 Å². The summed E-state index contributed by atoms with van der Waals surface area (Å²) < 4.78 is 0. The number of para-hydroxylation sites is 2. The number of anilines is 3. The van der Waals surface area contributed by atoms with Crippen molar-refractivity contribution in [3.05, 3.63) is 199 Å². The first-order valence-corrected chi connectivity index (χ1v) is 24.1. The van der Waals surface area contributed by atoms with E-state index in [1.807, 2.05) is 0 Å². The fourth-order valence-corrected chi connectivity index (χ4v) is 15.5. The Morgan fingerprint density at radius 1 is 0.444 bits per heavy atom. The van der Waals surface area contributed by atoms with Crippen LogP contribution < -0.4 is 4.90 Å². The van der Waals surface area contributed by atoms with E-state index < -0.39 is 0 Å². The highest BCUT2D eigenvalue weighted by Crippen LogP contribution is 2.89. The quantitative estimate of drug-likeness (QED) is 0.155. The van der Waals surface area contributed by atoms with E-state index >= 15 is 0 Å². The molecule has 0 aromatic heterocycles. The number of nitrogens with zero attached hydrogens (tertiary/aromatic N) is 1. The number of hydrogen-bond donors (Lipinski definition) is 0. The Bertz CT molecular complexity index is 3090. The van der Waals surface area contributed by atoms with Crippen molar-refractivity contribution in [1.82, 2.24) is 0 Å². The summed E-state index contributed by atoms with van der Waals surface area (Å²) in [5, 5.41) is 2.78. The molecule has 2 bridgehead atoms. The second-order valence-corrected chi connectivity index (χ2v) is 20.2. The van der Waals surface area contributed by atoms with Crippen LogP contribution in [0.4, 0.5) is 17.1 Å². The lowest BCUT2D eigenvalue weighted by molar-refractivity contribution is -0.231. The average Bonchev–Trinajstić information content (AvgIpc) is 3.99. The minimum absolute atomic E-state index is 0.121. The van der Waals surface area contributed by atoms with Gasteiger partial charge in [0, 0.05) is 22.2 Å². The van der Waals surface area contributed by atoms with Gasteiger partial charge in [0.2, 0.25) is 0 Å². The van der Waals surface area contributed by atoms with Crippen molar-refractivity contribution in [3.8, 4) is 44.5 Å². The molecule has 5 saturated carbocycles. The molecule has 306 valence electrons. The lowest BCUT2D eigenvalue weighted by atomic mass is 9.27. The third-order valence-corrected chi connectivity index (χ3v) is 17.7. The van der Waals surface area contributed by atoms with Crippen LogP contribution in [0.2, 0.25) is 0 Å². The van der Waals surface area contributed by atoms with Gasteiger partial charge in [0.05, 0.1) is 11.4 Å². The lowest BCUT2D eigenvalue weighted by Gasteiger charge is -2.76. The molecule has 6 atom stereocenters. The molecule has 0 N–H and O–H groups in total. The smallest absolute Gasteiger partial charge is 0.0540 e. The molecule has 6 unspecified atom stereocenters. The van der Waals surface area contributed by atoms with Gasteiger partial charge in [-0.1, -0.05) is 177 Å². The van der Waals surface area contributed by atoms with Crippen molar-refractivity contribution in [1.29, 1.82) is 0 Å². The van der Waals surface area contributed by atoms with Crippen LogP contribution in [0, 0.1) is 29.1 Å². The molecule has 1 heteroatoms. The maximum Gasteiger partial charge on any atom is 0.0540 e. The summed E-state index contributed by atoms with van der Waals surface area (Å²) in [5.74, 6) is 4.00. The summed E-state index contributed by atoms with van der Waals surface area (Å²) in [5.41, 5.74) is 19.7. The van der Waals surface area contributed by atoms with Gasteiger partial charge < -0.3 is 4.90 Å².